The highest BCUT2D eigenvalue weighted by Gasteiger charge is 2.14. The molecule has 3 N–H and O–H groups in total. The van der Waals surface area contributed by atoms with Crippen molar-refractivity contribution in [3.63, 3.8) is 0 Å². The van der Waals surface area contributed by atoms with Crippen molar-refractivity contribution in [1.29, 1.82) is 0 Å². The Balaban J connectivity index is 2.90. The Morgan fingerprint density at radius 3 is 2.63 bits per heavy atom. The second kappa shape index (κ2) is 6.83. The summed E-state index contributed by atoms with van der Waals surface area (Å²) >= 11 is 0. The van der Waals surface area contributed by atoms with Crippen molar-refractivity contribution in [2.75, 3.05) is 19.0 Å². The van der Waals surface area contributed by atoms with Crippen LogP contribution in [0.4, 0.5) is 10.1 Å². The van der Waals surface area contributed by atoms with Gasteiger partial charge in [-0.15, -0.1) is 0 Å². The highest BCUT2D eigenvalue weighted by molar-refractivity contribution is 7.89. The molecule has 7 heteroatoms. The van der Waals surface area contributed by atoms with Crippen molar-refractivity contribution in [3.8, 4) is 0 Å². The lowest BCUT2D eigenvalue weighted by Gasteiger charge is -2.19. The van der Waals surface area contributed by atoms with E-state index in [2.05, 4.69) is 5.32 Å². The quantitative estimate of drug-likeness (QED) is 0.801. The molecule has 0 fully saturated rings. The van der Waals surface area contributed by atoms with Crippen molar-refractivity contribution in [2.45, 2.75) is 30.7 Å². The van der Waals surface area contributed by atoms with E-state index in [0.717, 1.165) is 18.9 Å². The van der Waals surface area contributed by atoms with Gasteiger partial charge in [0.05, 0.1) is 17.2 Å². The number of benzene rings is 1. The molecule has 0 saturated heterocycles. The number of rotatable bonds is 7. The van der Waals surface area contributed by atoms with E-state index in [1.165, 1.54) is 12.1 Å². The fraction of sp³-hybridized carbons (Fsp3) is 0.500. The summed E-state index contributed by atoms with van der Waals surface area (Å²) in [6, 6.07) is 3.53. The summed E-state index contributed by atoms with van der Waals surface area (Å²) in [5.41, 5.74) is 0.239. The van der Waals surface area contributed by atoms with E-state index >= 15 is 0 Å². The SMILES string of the molecule is CCCC(COC)Nc1ccc(S(N)(=O)=O)cc1F. The van der Waals surface area contributed by atoms with Gasteiger partial charge in [0.1, 0.15) is 5.82 Å². The Morgan fingerprint density at radius 1 is 1.47 bits per heavy atom. The Bertz CT molecular complexity index is 514. The van der Waals surface area contributed by atoms with Gasteiger partial charge < -0.3 is 10.1 Å². The minimum Gasteiger partial charge on any atom is -0.383 e. The first-order chi connectivity index (χ1) is 8.88. The molecule has 0 bridgehead atoms. The zero-order valence-corrected chi connectivity index (χ0v) is 11.8. The van der Waals surface area contributed by atoms with Gasteiger partial charge in [-0.25, -0.2) is 17.9 Å². The first kappa shape index (κ1) is 15.9. The number of hydrogen-bond acceptors (Lipinski definition) is 4. The summed E-state index contributed by atoms with van der Waals surface area (Å²) in [5.74, 6) is -0.649. The van der Waals surface area contributed by atoms with Gasteiger partial charge in [0, 0.05) is 13.2 Å². The molecule has 0 aliphatic heterocycles. The number of sulfonamides is 1. The van der Waals surface area contributed by atoms with Crippen LogP contribution in [0.25, 0.3) is 0 Å². The maximum Gasteiger partial charge on any atom is 0.238 e. The summed E-state index contributed by atoms with van der Waals surface area (Å²) in [4.78, 5) is -0.241. The maximum absolute atomic E-state index is 13.8. The zero-order valence-electron chi connectivity index (χ0n) is 11.0. The molecule has 0 spiro atoms. The number of primary sulfonamides is 1. The summed E-state index contributed by atoms with van der Waals surface area (Å²) in [5, 5.41) is 7.93. The molecule has 0 aliphatic carbocycles. The van der Waals surface area contributed by atoms with Crippen LogP contribution >= 0.6 is 0 Å². The van der Waals surface area contributed by atoms with Gasteiger partial charge in [0.25, 0.3) is 0 Å². The zero-order chi connectivity index (χ0) is 14.5. The standard InChI is InChI=1S/C12H19FN2O3S/c1-3-4-9(8-18-2)15-12-6-5-10(7-11(12)13)19(14,16)17/h5-7,9,15H,3-4,8H2,1-2H3,(H2,14,16,17). The van der Waals surface area contributed by atoms with E-state index < -0.39 is 15.8 Å². The van der Waals surface area contributed by atoms with Crippen molar-refractivity contribution in [3.05, 3.63) is 24.0 Å². The predicted octanol–water partition coefficient (Wildman–Crippen LogP) is 1.70. The van der Waals surface area contributed by atoms with Gasteiger partial charge in [-0.05, 0) is 24.6 Å². The second-order valence-electron chi connectivity index (χ2n) is 4.27. The lowest BCUT2D eigenvalue weighted by Crippen LogP contribution is -2.25. The van der Waals surface area contributed by atoms with E-state index in [-0.39, 0.29) is 16.6 Å². The van der Waals surface area contributed by atoms with Crippen LogP contribution in [0.3, 0.4) is 0 Å². The number of nitrogens with one attached hydrogen (secondary N) is 1. The number of anilines is 1. The van der Waals surface area contributed by atoms with Gasteiger partial charge in [-0.3, -0.25) is 0 Å². The summed E-state index contributed by atoms with van der Waals surface area (Å²) in [6.07, 6.45) is 1.75. The Morgan fingerprint density at radius 2 is 2.16 bits per heavy atom. The number of nitrogens with two attached hydrogens (primary N) is 1. The lowest BCUT2D eigenvalue weighted by molar-refractivity contribution is 0.182. The highest BCUT2D eigenvalue weighted by atomic mass is 32.2. The van der Waals surface area contributed by atoms with Gasteiger partial charge >= 0.3 is 0 Å². The van der Waals surface area contributed by atoms with Crippen LogP contribution in [0.1, 0.15) is 19.8 Å². The molecule has 1 aromatic carbocycles. The van der Waals surface area contributed by atoms with E-state index in [9.17, 15) is 12.8 Å². The molecule has 1 unspecified atom stereocenters. The fourth-order valence-electron chi connectivity index (χ4n) is 1.76. The summed E-state index contributed by atoms with van der Waals surface area (Å²) in [6.45, 7) is 2.47. The molecule has 1 rings (SSSR count). The molecule has 0 aliphatic rings. The monoisotopic (exact) mass is 290 g/mol. The molecule has 1 aromatic rings. The molecule has 0 amide bonds. The lowest BCUT2D eigenvalue weighted by atomic mass is 10.1. The second-order valence-corrected chi connectivity index (χ2v) is 5.83. The Hall–Kier alpha value is -1.18. The van der Waals surface area contributed by atoms with Crippen LogP contribution in [0.2, 0.25) is 0 Å². The predicted molar refractivity (Wildman–Crippen MR) is 72.0 cm³/mol. The van der Waals surface area contributed by atoms with Crippen LogP contribution < -0.4 is 10.5 Å². The normalized spacial score (nSPS) is 13.3. The van der Waals surface area contributed by atoms with Crippen LogP contribution in [-0.4, -0.2) is 28.2 Å². The third-order valence-electron chi connectivity index (χ3n) is 2.63. The molecule has 19 heavy (non-hydrogen) atoms. The number of methoxy groups -OCH3 is 1. The van der Waals surface area contributed by atoms with E-state index in [4.69, 9.17) is 9.88 Å². The average molecular weight is 290 g/mol. The summed E-state index contributed by atoms with van der Waals surface area (Å²) in [7, 11) is -2.31. The average Bonchev–Trinajstić information content (AvgIpc) is 2.31. The number of ether oxygens (including phenoxy) is 1. The Labute approximate surface area is 113 Å². The highest BCUT2D eigenvalue weighted by Crippen LogP contribution is 2.19. The molecular weight excluding hydrogens is 271 g/mol. The van der Waals surface area contributed by atoms with Gasteiger partial charge in [0.2, 0.25) is 10.0 Å². The molecule has 5 nitrogen and oxygen atoms in total. The van der Waals surface area contributed by atoms with E-state index in [1.807, 2.05) is 6.92 Å². The number of halogens is 1. The van der Waals surface area contributed by atoms with Crippen molar-refractivity contribution in [2.24, 2.45) is 5.14 Å². The third-order valence-corrected chi connectivity index (χ3v) is 3.54. The first-order valence-electron chi connectivity index (χ1n) is 5.96. The number of hydrogen-bond donors (Lipinski definition) is 2. The largest absolute Gasteiger partial charge is 0.383 e. The fourth-order valence-corrected chi connectivity index (χ4v) is 2.28. The topological polar surface area (TPSA) is 81.4 Å². The first-order valence-corrected chi connectivity index (χ1v) is 7.51. The molecule has 0 heterocycles. The summed E-state index contributed by atoms with van der Waals surface area (Å²) < 4.78 is 41.0. The van der Waals surface area contributed by atoms with Gasteiger partial charge in [-0.1, -0.05) is 13.3 Å². The van der Waals surface area contributed by atoms with Crippen molar-refractivity contribution in [1.82, 2.24) is 0 Å². The van der Waals surface area contributed by atoms with Crippen molar-refractivity contribution >= 4 is 15.7 Å². The molecule has 1 atom stereocenters. The minimum absolute atomic E-state index is 0.0233. The molecule has 0 saturated carbocycles. The van der Waals surface area contributed by atoms with Gasteiger partial charge in [-0.2, -0.15) is 0 Å². The molecular formula is C12H19FN2O3S. The Kier molecular flexibility index (Phi) is 5.71. The minimum atomic E-state index is -3.88. The maximum atomic E-state index is 13.8. The molecule has 108 valence electrons. The van der Waals surface area contributed by atoms with Crippen molar-refractivity contribution < 1.29 is 17.5 Å². The van der Waals surface area contributed by atoms with Crippen LogP contribution in [0.5, 0.6) is 0 Å². The van der Waals surface area contributed by atoms with E-state index in [0.29, 0.717) is 6.61 Å². The van der Waals surface area contributed by atoms with Crippen LogP contribution in [0.15, 0.2) is 23.1 Å². The molecule has 0 aromatic heterocycles. The third kappa shape index (κ3) is 4.77. The van der Waals surface area contributed by atoms with Crippen LogP contribution in [-0.2, 0) is 14.8 Å². The van der Waals surface area contributed by atoms with Crippen LogP contribution in [0, 0.1) is 5.82 Å². The van der Waals surface area contributed by atoms with Gasteiger partial charge in [0.15, 0.2) is 0 Å². The molecule has 0 radical (unpaired) electrons. The van der Waals surface area contributed by atoms with E-state index in [1.54, 1.807) is 7.11 Å². The smallest absolute Gasteiger partial charge is 0.238 e.